The first-order valence-electron chi connectivity index (χ1n) is 7.97. The molecule has 23 heavy (non-hydrogen) atoms. The molecule has 0 aromatic heterocycles. The average Bonchev–Trinajstić information content (AvgIpc) is 2.46. The first-order chi connectivity index (χ1) is 10.8. The lowest BCUT2D eigenvalue weighted by atomic mass is 10.1. The number of hydrogen-bond donors (Lipinski definition) is 2. The Morgan fingerprint density at radius 2 is 1.78 bits per heavy atom. The summed E-state index contributed by atoms with van der Waals surface area (Å²) in [6, 6.07) is 5.88. The van der Waals surface area contributed by atoms with Crippen LogP contribution in [0.4, 0.5) is 5.69 Å². The first kappa shape index (κ1) is 18.9. The molecular formula is C18H27N3O2. The van der Waals surface area contributed by atoms with Crippen molar-refractivity contribution in [2.24, 2.45) is 11.0 Å². The first-order valence-corrected chi connectivity index (χ1v) is 7.97. The molecule has 1 rings (SSSR count). The van der Waals surface area contributed by atoms with Crippen LogP contribution in [-0.2, 0) is 9.59 Å². The van der Waals surface area contributed by atoms with E-state index in [4.69, 9.17) is 0 Å². The summed E-state index contributed by atoms with van der Waals surface area (Å²) in [4.78, 5) is 23.7. The van der Waals surface area contributed by atoms with Gasteiger partial charge in [-0.05, 0) is 50.3 Å². The fourth-order valence-electron chi connectivity index (χ4n) is 2.16. The molecule has 0 heterocycles. The van der Waals surface area contributed by atoms with E-state index in [1.54, 1.807) is 0 Å². The van der Waals surface area contributed by atoms with Crippen LogP contribution in [0.25, 0.3) is 0 Å². The van der Waals surface area contributed by atoms with Crippen LogP contribution >= 0.6 is 0 Å². The zero-order chi connectivity index (χ0) is 17.4. The number of aryl methyl sites for hydroxylation is 2. The summed E-state index contributed by atoms with van der Waals surface area (Å²) < 4.78 is 0. The molecule has 0 aliphatic rings. The van der Waals surface area contributed by atoms with Gasteiger partial charge in [0.05, 0.1) is 0 Å². The Balaban J connectivity index is 2.41. The van der Waals surface area contributed by atoms with Crippen molar-refractivity contribution in [1.29, 1.82) is 0 Å². The normalized spacial score (nSPS) is 11.5. The Morgan fingerprint density at radius 1 is 1.13 bits per heavy atom. The van der Waals surface area contributed by atoms with Crippen LogP contribution < -0.4 is 10.7 Å². The zero-order valence-corrected chi connectivity index (χ0v) is 14.7. The van der Waals surface area contributed by atoms with Gasteiger partial charge in [0.15, 0.2) is 0 Å². The van der Waals surface area contributed by atoms with Crippen LogP contribution in [0, 0.1) is 19.8 Å². The lowest BCUT2D eigenvalue weighted by Crippen LogP contribution is -2.22. The Labute approximate surface area is 138 Å². The maximum Gasteiger partial charge on any atom is 0.240 e. The molecule has 0 saturated heterocycles. The quantitative estimate of drug-likeness (QED) is 0.596. The van der Waals surface area contributed by atoms with E-state index < -0.39 is 0 Å². The van der Waals surface area contributed by atoms with Gasteiger partial charge in [-0.1, -0.05) is 26.0 Å². The van der Waals surface area contributed by atoms with Gasteiger partial charge in [-0.2, -0.15) is 5.10 Å². The second-order valence-electron chi connectivity index (χ2n) is 6.35. The molecule has 2 amide bonds. The molecule has 0 saturated carbocycles. The minimum Gasteiger partial charge on any atom is -0.326 e. The van der Waals surface area contributed by atoms with Crippen molar-refractivity contribution in [1.82, 2.24) is 5.43 Å². The summed E-state index contributed by atoms with van der Waals surface area (Å²) in [5.74, 6) is 0.0833. The Hall–Kier alpha value is -2.17. The molecular weight excluding hydrogens is 290 g/mol. The smallest absolute Gasteiger partial charge is 0.240 e. The van der Waals surface area contributed by atoms with E-state index in [1.807, 2.05) is 39.0 Å². The highest BCUT2D eigenvalue weighted by atomic mass is 16.2. The molecule has 5 nitrogen and oxygen atoms in total. The third-order valence-electron chi connectivity index (χ3n) is 3.32. The summed E-state index contributed by atoms with van der Waals surface area (Å²) in [6.07, 6.45) is 1.10. The van der Waals surface area contributed by atoms with E-state index >= 15 is 0 Å². The Bertz CT molecular complexity index is 592. The predicted octanol–water partition coefficient (Wildman–Crippen LogP) is 3.56. The molecule has 0 radical (unpaired) electrons. The van der Waals surface area contributed by atoms with E-state index in [9.17, 15) is 9.59 Å². The molecule has 5 heteroatoms. The van der Waals surface area contributed by atoms with E-state index in [2.05, 4.69) is 29.7 Å². The maximum atomic E-state index is 11.9. The van der Waals surface area contributed by atoms with Gasteiger partial charge in [0.1, 0.15) is 0 Å². The monoisotopic (exact) mass is 317 g/mol. The highest BCUT2D eigenvalue weighted by molar-refractivity contribution is 5.94. The molecule has 0 aliphatic carbocycles. The number of hydrazone groups is 1. The second-order valence-corrected chi connectivity index (χ2v) is 6.35. The van der Waals surface area contributed by atoms with Crippen molar-refractivity contribution in [3.63, 3.8) is 0 Å². The van der Waals surface area contributed by atoms with Crippen LogP contribution in [0.15, 0.2) is 23.3 Å². The fourth-order valence-corrected chi connectivity index (χ4v) is 2.16. The number of hydrogen-bond acceptors (Lipinski definition) is 3. The van der Waals surface area contributed by atoms with Crippen molar-refractivity contribution in [2.75, 3.05) is 5.32 Å². The highest BCUT2D eigenvalue weighted by Crippen LogP contribution is 2.16. The number of nitrogens with zero attached hydrogens (tertiary/aromatic N) is 1. The van der Waals surface area contributed by atoms with Crippen molar-refractivity contribution in [3.05, 3.63) is 29.3 Å². The number of nitrogens with one attached hydrogen (secondary N) is 2. The summed E-state index contributed by atoms with van der Waals surface area (Å²) >= 11 is 0. The molecule has 0 unspecified atom stereocenters. The van der Waals surface area contributed by atoms with E-state index in [0.717, 1.165) is 28.9 Å². The van der Waals surface area contributed by atoms with Gasteiger partial charge in [-0.15, -0.1) is 0 Å². The average molecular weight is 317 g/mol. The number of anilines is 1. The van der Waals surface area contributed by atoms with Crippen molar-refractivity contribution >= 4 is 23.2 Å². The van der Waals surface area contributed by atoms with Gasteiger partial charge in [0, 0.05) is 24.2 Å². The third kappa shape index (κ3) is 7.58. The predicted molar refractivity (Wildman–Crippen MR) is 94.5 cm³/mol. The minimum absolute atomic E-state index is 0.120. The number of carbonyl (C=O) groups excluding carboxylic acids is 2. The molecule has 1 aromatic rings. The van der Waals surface area contributed by atoms with E-state index in [1.165, 1.54) is 0 Å². The standard InChI is InChI=1S/C18H27N3O2/c1-12(2)10-15(5)20-21-18(23)9-8-17(22)19-16-11-13(3)6-7-14(16)4/h6-7,11-12H,8-10H2,1-5H3,(H,19,22)(H,21,23). The summed E-state index contributed by atoms with van der Waals surface area (Å²) in [5, 5.41) is 6.88. The van der Waals surface area contributed by atoms with Crippen molar-refractivity contribution in [3.8, 4) is 0 Å². The van der Waals surface area contributed by atoms with Crippen LogP contribution in [0.1, 0.15) is 51.2 Å². The summed E-state index contributed by atoms with van der Waals surface area (Å²) in [7, 11) is 0. The number of rotatable bonds is 7. The molecule has 0 spiro atoms. The van der Waals surface area contributed by atoms with Gasteiger partial charge < -0.3 is 5.32 Å². The van der Waals surface area contributed by atoms with Crippen molar-refractivity contribution in [2.45, 2.75) is 53.9 Å². The highest BCUT2D eigenvalue weighted by Gasteiger charge is 2.08. The zero-order valence-electron chi connectivity index (χ0n) is 14.7. The van der Waals surface area contributed by atoms with Gasteiger partial charge in [0.25, 0.3) is 0 Å². The molecule has 0 atom stereocenters. The Kier molecular flexibility index (Phi) is 7.45. The van der Waals surface area contributed by atoms with Gasteiger partial charge in [0.2, 0.25) is 11.8 Å². The molecule has 0 fully saturated rings. The van der Waals surface area contributed by atoms with Gasteiger partial charge in [-0.25, -0.2) is 5.43 Å². The minimum atomic E-state index is -0.246. The molecule has 2 N–H and O–H groups in total. The molecule has 0 aliphatic heterocycles. The largest absolute Gasteiger partial charge is 0.326 e. The Morgan fingerprint density at radius 3 is 2.43 bits per heavy atom. The maximum absolute atomic E-state index is 11.9. The molecule has 1 aromatic carbocycles. The van der Waals surface area contributed by atoms with Gasteiger partial charge >= 0.3 is 0 Å². The summed E-state index contributed by atoms with van der Waals surface area (Å²) in [6.45, 7) is 9.98. The van der Waals surface area contributed by atoms with Crippen LogP contribution in [0.3, 0.4) is 0 Å². The van der Waals surface area contributed by atoms with Crippen LogP contribution in [-0.4, -0.2) is 17.5 Å². The van der Waals surface area contributed by atoms with Crippen molar-refractivity contribution < 1.29 is 9.59 Å². The third-order valence-corrected chi connectivity index (χ3v) is 3.32. The topological polar surface area (TPSA) is 70.6 Å². The number of amides is 2. The van der Waals surface area contributed by atoms with E-state index in [-0.39, 0.29) is 24.7 Å². The SMILES string of the molecule is CC(CC(C)C)=NNC(=O)CCC(=O)Nc1cc(C)ccc1C. The lowest BCUT2D eigenvalue weighted by molar-refractivity contribution is -0.124. The number of benzene rings is 1. The van der Waals surface area contributed by atoms with Crippen LogP contribution in [0.5, 0.6) is 0 Å². The molecule has 0 bridgehead atoms. The fraction of sp³-hybridized carbons (Fsp3) is 0.500. The molecule has 126 valence electrons. The van der Waals surface area contributed by atoms with Gasteiger partial charge in [-0.3, -0.25) is 9.59 Å². The summed E-state index contributed by atoms with van der Waals surface area (Å²) in [5.41, 5.74) is 6.26. The number of carbonyl (C=O) groups is 2. The second kappa shape index (κ2) is 9.08. The lowest BCUT2D eigenvalue weighted by Gasteiger charge is -2.09. The van der Waals surface area contributed by atoms with E-state index in [0.29, 0.717) is 5.92 Å². The van der Waals surface area contributed by atoms with Crippen LogP contribution in [0.2, 0.25) is 0 Å².